The number of thiophene rings is 3. The van der Waals surface area contributed by atoms with Crippen LogP contribution < -0.4 is 14.7 Å². The molecule has 9 heterocycles. The topological polar surface area (TPSA) is 224 Å². The first-order valence-electron chi connectivity index (χ1n) is 53.5. The van der Waals surface area contributed by atoms with Gasteiger partial charge in [0.15, 0.2) is 0 Å². The number of anilines is 6. The van der Waals surface area contributed by atoms with Gasteiger partial charge in [-0.25, -0.2) is 44.1 Å². The Balaban J connectivity index is 0.000000214. The van der Waals surface area contributed by atoms with E-state index in [1.165, 1.54) is 265 Å². The van der Waals surface area contributed by atoms with Crippen LogP contribution in [-0.2, 0) is 42.8 Å². The number of unbranched alkanes of at least 4 members (excludes halogenated alkanes) is 42. The van der Waals surface area contributed by atoms with E-state index in [1.54, 1.807) is 14.7 Å². The second-order valence-corrected chi connectivity index (χ2v) is 42.3. The normalized spacial score (nSPS) is 14.8. The highest BCUT2D eigenvalue weighted by Gasteiger charge is 2.38. The number of hydrogen-bond donors (Lipinski definition) is 0. The lowest BCUT2D eigenvalue weighted by Crippen LogP contribution is -2.47. The van der Waals surface area contributed by atoms with Crippen LogP contribution in [0.15, 0.2) is 106 Å². The molecule has 0 spiro atoms. The van der Waals surface area contributed by atoms with Crippen LogP contribution in [0.25, 0.3) is 0 Å². The number of hydrogen-bond acceptors (Lipinski definition) is 24. The third-order valence-corrected chi connectivity index (χ3v) is 30.1. The molecule has 0 radical (unpaired) electrons. The van der Waals surface area contributed by atoms with E-state index < -0.39 is 38.7 Å². The van der Waals surface area contributed by atoms with Crippen molar-refractivity contribution in [3.63, 3.8) is 0 Å². The highest BCUT2D eigenvalue weighted by molar-refractivity contribution is 7.17. The second-order valence-electron chi connectivity index (χ2n) is 38.6. The predicted molar refractivity (Wildman–Crippen MR) is 570 cm³/mol. The van der Waals surface area contributed by atoms with Gasteiger partial charge in [0, 0.05) is 112 Å². The van der Waals surface area contributed by atoms with Crippen LogP contribution in [0.3, 0.4) is 0 Å². The maximum atomic E-state index is 13.6. The summed E-state index contributed by atoms with van der Waals surface area (Å²) in [5.41, 5.74) is 6.86. The summed E-state index contributed by atoms with van der Waals surface area (Å²) in [6.07, 6.45) is 57.0. The van der Waals surface area contributed by atoms with Gasteiger partial charge < -0.3 is 57.8 Å². The van der Waals surface area contributed by atoms with E-state index in [2.05, 4.69) is 89.5 Å². The summed E-state index contributed by atoms with van der Waals surface area (Å²) in [4.78, 5) is 115. The van der Waals surface area contributed by atoms with E-state index in [1.807, 2.05) is 93.6 Å². The summed E-state index contributed by atoms with van der Waals surface area (Å²) < 4.78 is 32.5. The Morgan fingerprint density at radius 2 is 0.464 bits per heavy atom. The lowest BCUT2D eigenvalue weighted by atomic mass is 10.0. The number of carbonyl (C=O) groups is 6. The SMILES string of the molecule is CCCCCCCCCCCCCCCC(=O)OCOC(=O)N1c2ccccc2N=C(N2CCN(C)CC2)c2cc(C)sc21.CCCCCCCCCCCCCCCCCC(=O)OCOC(=O)N1c2ccccc2N=C(N2CCN(C)CC2)c2cc(C)sc21.CCCCCCCCCCCCCCCCCCCC(=O)OCOC(=O)N1c2ccccc2N=C(N2CCN(C)CC2)c2cc(C)sc21. The molecule has 0 saturated carbocycles. The predicted octanol–water partition coefficient (Wildman–Crippen LogP) is 29.2. The van der Waals surface area contributed by atoms with E-state index in [0.717, 1.165) is 200 Å². The maximum absolute atomic E-state index is 13.6. The molecule has 3 aromatic carbocycles. The Labute approximate surface area is 839 Å². The zero-order valence-electron chi connectivity index (χ0n) is 85.7. The highest BCUT2D eigenvalue weighted by Crippen LogP contribution is 2.49. The van der Waals surface area contributed by atoms with Crippen molar-refractivity contribution in [1.29, 1.82) is 0 Å². The van der Waals surface area contributed by atoms with Crippen molar-refractivity contribution >= 4 is 137 Å². The first kappa shape index (κ1) is 111. The van der Waals surface area contributed by atoms with Crippen molar-refractivity contribution in [3.8, 4) is 0 Å². The standard InChI is InChI=1S/C39H60N4O4S.C37H56N4O4S.C35H52N4O4S/c1-4-5-6-7-8-9-10-11-12-13-14-15-16-17-18-19-20-25-36(44)46-31-47-39(45)43-35-24-22-21-23-34(35)40-37(33-30-32(2)48-38(33)43)42-28-26-41(3)27-29-42;1-4-5-6-7-8-9-10-11-12-13-14-15-16-17-18-23-34(42)44-29-45-37(43)41-33-22-20-19-21-32(33)38-35(31-28-30(2)46-36(31)41)40-26-24-39(3)25-27-40;1-4-5-6-7-8-9-10-11-12-13-14-15-16-21-32(40)42-27-43-35(41)39-31-20-18-17-19-30(31)36-33(29-26-28(2)44-34(29)39)38-24-22-37(3)23-25-38/h21-24,30H,4-20,25-29,31H2,1-3H3;19-22,28H,4-18,23-27,29H2,1-3H3;17-20,26H,4-16,21-25,27H2,1-3H3. The molecule has 6 aliphatic rings. The van der Waals surface area contributed by atoms with Gasteiger partial charge in [-0.1, -0.05) is 327 Å². The number of amides is 3. The quantitative estimate of drug-likeness (QED) is 0.0150. The van der Waals surface area contributed by atoms with Crippen LogP contribution in [0.2, 0.25) is 0 Å². The lowest BCUT2D eigenvalue weighted by Gasteiger charge is -2.34. The summed E-state index contributed by atoms with van der Waals surface area (Å²) in [5.74, 6) is 1.66. The molecule has 0 atom stereocenters. The number of para-hydroxylation sites is 6. The summed E-state index contributed by atoms with van der Waals surface area (Å²) in [5, 5.41) is 2.32. The number of rotatable bonds is 54. The van der Waals surface area contributed by atoms with Crippen LogP contribution in [0.5, 0.6) is 0 Å². The number of amidine groups is 3. The number of likely N-dealkylation sites (N-methyl/N-ethyl adjacent to an activating group) is 3. The molecule has 0 unspecified atom stereocenters. The Hall–Kier alpha value is -8.73. The zero-order chi connectivity index (χ0) is 97.7. The minimum absolute atomic E-state index is 0.326. The number of carbonyl (C=O) groups excluding carboxylic acids is 6. The average Bonchev–Trinajstić information content (AvgIpc) is 1.62. The smallest absolute Gasteiger partial charge is 0.422 e. The fourth-order valence-corrected chi connectivity index (χ4v) is 21.7. The van der Waals surface area contributed by atoms with Gasteiger partial charge in [-0.15, -0.1) is 34.0 Å². The highest BCUT2D eigenvalue weighted by atomic mass is 32.1. The van der Waals surface area contributed by atoms with Crippen molar-refractivity contribution in [1.82, 2.24) is 29.4 Å². The van der Waals surface area contributed by atoms with Crippen LogP contribution >= 0.6 is 34.0 Å². The molecule has 0 N–H and O–H groups in total. The molecular formula is C111H168N12O12S3. The van der Waals surface area contributed by atoms with Gasteiger partial charge >= 0.3 is 36.2 Å². The van der Waals surface area contributed by atoms with Crippen LogP contribution in [0, 0.1) is 20.8 Å². The molecule has 138 heavy (non-hydrogen) atoms. The largest absolute Gasteiger partial charge is 0.428 e. The van der Waals surface area contributed by atoms with Gasteiger partial charge in [0.05, 0.1) is 50.8 Å². The Bertz CT molecular complexity index is 4670. The summed E-state index contributed by atoms with van der Waals surface area (Å²) in [6, 6.07) is 29.2. The zero-order valence-corrected chi connectivity index (χ0v) is 88.1. The minimum atomic E-state index is -0.580. The number of nitrogens with zero attached hydrogens (tertiary/aromatic N) is 12. The average molecular weight is 1960 g/mol. The van der Waals surface area contributed by atoms with E-state index in [-0.39, 0.29) is 17.9 Å². The molecular weight excluding hydrogens is 1790 g/mol. The fourth-order valence-electron chi connectivity index (χ4n) is 18.7. The first-order chi connectivity index (χ1) is 67.4. The number of fused-ring (bicyclic) bond motifs is 6. The molecule has 762 valence electrons. The molecule has 0 aliphatic carbocycles. The van der Waals surface area contributed by atoms with E-state index >= 15 is 0 Å². The molecule has 12 rings (SSSR count). The van der Waals surface area contributed by atoms with Gasteiger partial charge in [-0.2, -0.15) is 0 Å². The molecule has 3 amide bonds. The molecule has 27 heteroatoms. The van der Waals surface area contributed by atoms with E-state index in [9.17, 15) is 28.8 Å². The van der Waals surface area contributed by atoms with E-state index in [4.69, 9.17) is 43.4 Å². The fraction of sp³-hybridized carbons (Fsp3) is 0.649. The Morgan fingerprint density at radius 1 is 0.268 bits per heavy atom. The molecule has 6 aliphatic heterocycles. The van der Waals surface area contributed by atoms with Gasteiger partial charge in [0.2, 0.25) is 20.4 Å². The van der Waals surface area contributed by atoms with Gasteiger partial charge in [-0.3, -0.25) is 14.4 Å². The molecule has 3 saturated heterocycles. The Morgan fingerprint density at radius 3 is 0.674 bits per heavy atom. The van der Waals surface area contributed by atoms with Gasteiger partial charge in [-0.05, 0) is 116 Å². The molecule has 24 nitrogen and oxygen atoms in total. The van der Waals surface area contributed by atoms with Crippen LogP contribution in [-0.4, -0.2) is 203 Å². The van der Waals surface area contributed by atoms with Gasteiger partial charge in [0.25, 0.3) is 0 Å². The van der Waals surface area contributed by atoms with Crippen molar-refractivity contribution in [2.24, 2.45) is 15.0 Å². The third kappa shape index (κ3) is 37.9. The Kier molecular flexibility index (Phi) is 51.5. The van der Waals surface area contributed by atoms with Crippen molar-refractivity contribution in [2.75, 3.05) is 135 Å². The maximum Gasteiger partial charge on any atom is 0.422 e. The molecule has 3 aromatic heterocycles. The van der Waals surface area contributed by atoms with Crippen molar-refractivity contribution in [2.45, 2.75) is 350 Å². The van der Waals surface area contributed by atoms with Crippen molar-refractivity contribution in [3.05, 3.63) is 122 Å². The van der Waals surface area contributed by atoms with Gasteiger partial charge in [0.1, 0.15) is 32.5 Å². The molecule has 0 bridgehead atoms. The number of aliphatic imine (C=N–C) groups is 3. The lowest BCUT2D eigenvalue weighted by molar-refractivity contribution is -0.152. The summed E-state index contributed by atoms with van der Waals surface area (Å²) >= 11 is 4.61. The number of piperazine rings is 3. The number of esters is 3. The third-order valence-electron chi connectivity index (χ3n) is 27.0. The van der Waals surface area contributed by atoms with Crippen LogP contribution in [0.4, 0.5) is 63.5 Å². The monoisotopic (exact) mass is 1960 g/mol. The minimum Gasteiger partial charge on any atom is -0.428 e. The first-order valence-corrected chi connectivity index (χ1v) is 55.9. The molecule has 6 aromatic rings. The molecule has 3 fully saturated rings. The second kappa shape index (κ2) is 63.9. The van der Waals surface area contributed by atoms with Crippen molar-refractivity contribution < 1.29 is 57.2 Å². The van der Waals surface area contributed by atoms with E-state index in [0.29, 0.717) is 53.4 Å². The summed E-state index contributed by atoms with van der Waals surface area (Å²) in [7, 11) is 6.40. The number of benzene rings is 3. The number of ether oxygens (including phenoxy) is 6. The number of aryl methyl sites for hydroxylation is 3. The summed E-state index contributed by atoms with van der Waals surface area (Å²) in [6.45, 7) is 22.6. The van der Waals surface area contributed by atoms with Crippen LogP contribution in [0.1, 0.15) is 360 Å².